The molecule has 2 fully saturated rings. The van der Waals surface area contributed by atoms with Crippen LogP contribution >= 0.6 is 0 Å². The molecule has 1 atom stereocenters. The molecule has 0 spiro atoms. The van der Waals surface area contributed by atoms with Gasteiger partial charge in [0.1, 0.15) is 11.5 Å². The van der Waals surface area contributed by atoms with Gasteiger partial charge in [-0.2, -0.15) is 0 Å². The Hall–Kier alpha value is -3.16. The van der Waals surface area contributed by atoms with Crippen LogP contribution in [0.4, 0.5) is 0 Å². The Bertz CT molecular complexity index is 1190. The summed E-state index contributed by atoms with van der Waals surface area (Å²) in [5.41, 5.74) is 3.41. The van der Waals surface area contributed by atoms with Crippen molar-refractivity contribution in [2.75, 3.05) is 46.0 Å². The fourth-order valence-corrected chi connectivity index (χ4v) is 5.02. The molecule has 2 heterocycles. The molecule has 0 saturated carbocycles. The van der Waals surface area contributed by atoms with E-state index in [9.17, 15) is 14.7 Å². The van der Waals surface area contributed by atoms with Gasteiger partial charge in [0, 0.05) is 31.7 Å². The number of aryl methyl sites for hydroxylation is 1. The van der Waals surface area contributed by atoms with Gasteiger partial charge in [0.15, 0.2) is 0 Å². The summed E-state index contributed by atoms with van der Waals surface area (Å²) in [5.74, 6) is -0.654. The van der Waals surface area contributed by atoms with Crippen LogP contribution in [0.1, 0.15) is 62.4 Å². The first-order valence-corrected chi connectivity index (χ1v) is 13.5. The average Bonchev–Trinajstić information content (AvgIpc) is 3.16. The number of benzene rings is 2. The van der Waals surface area contributed by atoms with Gasteiger partial charge in [0.05, 0.1) is 31.4 Å². The lowest BCUT2D eigenvalue weighted by atomic mass is 9.85. The van der Waals surface area contributed by atoms with E-state index < -0.39 is 17.7 Å². The SMILES string of the molecule is CCCOc1ccc(/C(O)=C2\C(=O)C(=O)N(CCN3CCOCC3)C2c2ccc(C(C)(C)C)cc2)cc1C. The van der Waals surface area contributed by atoms with Gasteiger partial charge in [-0.1, -0.05) is 52.0 Å². The number of ketones is 1. The maximum absolute atomic E-state index is 13.4. The van der Waals surface area contributed by atoms with E-state index in [1.165, 1.54) is 0 Å². The van der Waals surface area contributed by atoms with Gasteiger partial charge in [-0.15, -0.1) is 0 Å². The van der Waals surface area contributed by atoms with E-state index in [2.05, 4.69) is 25.7 Å². The molecule has 2 aliphatic heterocycles. The van der Waals surface area contributed by atoms with Crippen LogP contribution in [0.3, 0.4) is 0 Å². The lowest BCUT2D eigenvalue weighted by Gasteiger charge is -2.31. The highest BCUT2D eigenvalue weighted by Gasteiger charge is 2.46. The summed E-state index contributed by atoms with van der Waals surface area (Å²) < 4.78 is 11.2. The maximum atomic E-state index is 13.4. The third kappa shape index (κ3) is 5.94. The van der Waals surface area contributed by atoms with E-state index >= 15 is 0 Å². The number of rotatable bonds is 8. The van der Waals surface area contributed by atoms with Crippen LogP contribution in [0.15, 0.2) is 48.0 Å². The van der Waals surface area contributed by atoms with Crippen LogP contribution in [0.5, 0.6) is 5.75 Å². The van der Waals surface area contributed by atoms with Gasteiger partial charge in [-0.25, -0.2) is 0 Å². The molecular weight excluding hydrogens is 480 g/mol. The number of ether oxygens (including phenoxy) is 2. The smallest absolute Gasteiger partial charge is 0.295 e. The summed E-state index contributed by atoms with van der Waals surface area (Å²) in [5, 5.41) is 11.5. The zero-order valence-corrected chi connectivity index (χ0v) is 23.3. The highest BCUT2D eigenvalue weighted by Crippen LogP contribution is 2.40. The van der Waals surface area contributed by atoms with E-state index in [-0.39, 0.29) is 16.7 Å². The molecule has 2 aliphatic rings. The summed E-state index contributed by atoms with van der Waals surface area (Å²) in [6.45, 7) is 14.9. The molecule has 2 saturated heterocycles. The first-order chi connectivity index (χ1) is 18.1. The third-order valence-corrected chi connectivity index (χ3v) is 7.30. The van der Waals surface area contributed by atoms with E-state index in [0.717, 1.165) is 42.0 Å². The van der Waals surface area contributed by atoms with Crippen molar-refractivity contribution in [1.29, 1.82) is 0 Å². The molecule has 0 aromatic heterocycles. The van der Waals surface area contributed by atoms with Crippen LogP contribution in [0.2, 0.25) is 0 Å². The summed E-state index contributed by atoms with van der Waals surface area (Å²) >= 11 is 0. The van der Waals surface area contributed by atoms with Crippen molar-refractivity contribution in [3.8, 4) is 5.75 Å². The molecule has 204 valence electrons. The minimum atomic E-state index is -0.665. The Kier molecular flexibility index (Phi) is 8.58. The quantitative estimate of drug-likeness (QED) is 0.305. The van der Waals surface area contributed by atoms with Crippen LogP contribution in [0.25, 0.3) is 5.76 Å². The Morgan fingerprint density at radius 1 is 1.05 bits per heavy atom. The molecule has 7 heteroatoms. The van der Waals surface area contributed by atoms with Crippen molar-refractivity contribution >= 4 is 17.4 Å². The molecule has 0 radical (unpaired) electrons. The lowest BCUT2D eigenvalue weighted by Crippen LogP contribution is -2.42. The second-order valence-electron chi connectivity index (χ2n) is 11.1. The predicted octanol–water partition coefficient (Wildman–Crippen LogP) is 4.84. The summed E-state index contributed by atoms with van der Waals surface area (Å²) in [4.78, 5) is 30.6. The topological polar surface area (TPSA) is 79.3 Å². The van der Waals surface area contributed by atoms with Gasteiger partial charge >= 0.3 is 0 Å². The van der Waals surface area contributed by atoms with Crippen LogP contribution in [0, 0.1) is 6.92 Å². The Labute approximate surface area is 226 Å². The first-order valence-electron chi connectivity index (χ1n) is 13.5. The number of amides is 1. The number of Topliss-reactive ketones (excluding diaryl/α,β-unsaturated/α-hetero) is 1. The minimum absolute atomic E-state index is 0.0320. The van der Waals surface area contributed by atoms with Crippen LogP contribution in [-0.2, 0) is 19.7 Å². The summed E-state index contributed by atoms with van der Waals surface area (Å²) in [7, 11) is 0. The summed E-state index contributed by atoms with van der Waals surface area (Å²) in [6, 6.07) is 12.7. The minimum Gasteiger partial charge on any atom is -0.507 e. The van der Waals surface area contributed by atoms with Crippen molar-refractivity contribution < 1.29 is 24.2 Å². The third-order valence-electron chi connectivity index (χ3n) is 7.30. The molecule has 38 heavy (non-hydrogen) atoms. The molecule has 1 unspecified atom stereocenters. The fourth-order valence-electron chi connectivity index (χ4n) is 5.02. The van der Waals surface area contributed by atoms with Crippen molar-refractivity contribution in [3.63, 3.8) is 0 Å². The van der Waals surface area contributed by atoms with Gasteiger partial charge < -0.3 is 19.5 Å². The van der Waals surface area contributed by atoms with E-state index in [1.807, 2.05) is 44.2 Å². The molecule has 4 rings (SSSR count). The normalized spacial score (nSPS) is 20.2. The van der Waals surface area contributed by atoms with Gasteiger partial charge in [0.2, 0.25) is 0 Å². The number of morpholine rings is 1. The highest BCUT2D eigenvalue weighted by atomic mass is 16.5. The monoisotopic (exact) mass is 520 g/mol. The maximum Gasteiger partial charge on any atom is 0.295 e. The molecular formula is C31H40N2O5. The van der Waals surface area contributed by atoms with E-state index in [0.29, 0.717) is 38.5 Å². The van der Waals surface area contributed by atoms with E-state index in [1.54, 1.807) is 17.0 Å². The number of nitrogens with zero attached hydrogens (tertiary/aromatic N) is 2. The molecule has 0 aliphatic carbocycles. The van der Waals surface area contributed by atoms with Crippen molar-refractivity contribution in [1.82, 2.24) is 9.80 Å². The largest absolute Gasteiger partial charge is 0.507 e. The molecule has 0 bridgehead atoms. The number of aliphatic hydroxyl groups excluding tert-OH is 1. The number of carbonyl (C=O) groups is 2. The van der Waals surface area contributed by atoms with Gasteiger partial charge in [-0.3, -0.25) is 14.5 Å². The number of carbonyl (C=O) groups excluding carboxylic acids is 2. The lowest BCUT2D eigenvalue weighted by molar-refractivity contribution is -0.140. The van der Waals surface area contributed by atoms with Crippen molar-refractivity contribution in [3.05, 3.63) is 70.3 Å². The second kappa shape index (κ2) is 11.7. The number of aliphatic hydroxyl groups is 1. The average molecular weight is 521 g/mol. The van der Waals surface area contributed by atoms with E-state index in [4.69, 9.17) is 9.47 Å². The highest BCUT2D eigenvalue weighted by molar-refractivity contribution is 6.46. The second-order valence-corrected chi connectivity index (χ2v) is 11.1. The number of hydrogen-bond donors (Lipinski definition) is 1. The zero-order chi connectivity index (χ0) is 27.4. The molecule has 1 N–H and O–H groups in total. The number of hydrogen-bond acceptors (Lipinski definition) is 6. The summed E-state index contributed by atoms with van der Waals surface area (Å²) in [6.07, 6.45) is 0.892. The molecule has 2 aromatic carbocycles. The Balaban J connectivity index is 1.73. The van der Waals surface area contributed by atoms with Crippen LogP contribution < -0.4 is 4.74 Å². The van der Waals surface area contributed by atoms with Crippen LogP contribution in [-0.4, -0.2) is 72.6 Å². The predicted molar refractivity (Wildman–Crippen MR) is 148 cm³/mol. The van der Waals surface area contributed by atoms with Crippen molar-refractivity contribution in [2.45, 2.75) is 52.5 Å². The first kappa shape index (κ1) is 27.9. The van der Waals surface area contributed by atoms with Crippen molar-refractivity contribution in [2.24, 2.45) is 0 Å². The van der Waals surface area contributed by atoms with Gasteiger partial charge in [-0.05, 0) is 53.6 Å². The Morgan fingerprint density at radius 3 is 2.34 bits per heavy atom. The fraction of sp³-hybridized carbons (Fsp3) is 0.484. The Morgan fingerprint density at radius 2 is 1.74 bits per heavy atom. The zero-order valence-electron chi connectivity index (χ0n) is 23.3. The number of likely N-dealkylation sites (tertiary alicyclic amines) is 1. The molecule has 7 nitrogen and oxygen atoms in total. The molecule has 1 amide bonds. The standard InChI is InChI=1S/C31H40N2O5/c1-6-17-38-25-12-9-23(20-21(25)2)28(34)26-27(22-7-10-24(11-8-22)31(3,4)5)33(30(36)29(26)35)14-13-32-15-18-37-19-16-32/h7-12,20,27,34H,6,13-19H2,1-5H3/b28-26+. The van der Waals surface area contributed by atoms with Gasteiger partial charge in [0.25, 0.3) is 11.7 Å². The molecule has 2 aromatic rings.